The lowest BCUT2D eigenvalue weighted by Gasteiger charge is -2.17. The maximum atomic E-state index is 12.3. The number of carbonyl (C=O) groups is 1. The standard InChI is InChI=1S/C20H24N2O2/c1-15(20(23)22-16-8-3-2-4-9-16)21-17-10-7-13-19(14-17)24-18-11-5-6-12-18/h2-4,7-10,13-15,18,21H,5-6,11-12H2,1H3,(H,22,23). The van der Waals surface area contributed by atoms with Gasteiger partial charge in [0.05, 0.1) is 6.10 Å². The molecule has 1 unspecified atom stereocenters. The Labute approximate surface area is 143 Å². The zero-order valence-electron chi connectivity index (χ0n) is 14.0. The summed E-state index contributed by atoms with van der Waals surface area (Å²) < 4.78 is 6.01. The average molecular weight is 324 g/mol. The van der Waals surface area contributed by atoms with Crippen LogP contribution in [0.3, 0.4) is 0 Å². The molecule has 3 rings (SSSR count). The third-order valence-corrected chi connectivity index (χ3v) is 4.26. The highest BCUT2D eigenvalue weighted by molar-refractivity contribution is 5.96. The summed E-state index contributed by atoms with van der Waals surface area (Å²) in [6.07, 6.45) is 5.10. The fourth-order valence-electron chi connectivity index (χ4n) is 2.95. The summed E-state index contributed by atoms with van der Waals surface area (Å²) in [6.45, 7) is 1.85. The minimum absolute atomic E-state index is 0.0664. The number of anilines is 2. The van der Waals surface area contributed by atoms with Gasteiger partial charge in [-0.25, -0.2) is 0 Å². The Morgan fingerprint density at radius 3 is 2.50 bits per heavy atom. The third kappa shape index (κ3) is 4.51. The van der Waals surface area contributed by atoms with Crippen LogP contribution in [0.5, 0.6) is 5.75 Å². The van der Waals surface area contributed by atoms with E-state index in [9.17, 15) is 4.79 Å². The second kappa shape index (κ2) is 7.86. The van der Waals surface area contributed by atoms with Crippen molar-refractivity contribution in [3.63, 3.8) is 0 Å². The van der Waals surface area contributed by atoms with Crippen molar-refractivity contribution in [2.45, 2.75) is 44.8 Å². The summed E-state index contributed by atoms with van der Waals surface area (Å²) >= 11 is 0. The Balaban J connectivity index is 1.57. The Morgan fingerprint density at radius 2 is 1.75 bits per heavy atom. The number of hydrogen-bond acceptors (Lipinski definition) is 3. The minimum atomic E-state index is -0.341. The molecule has 2 N–H and O–H groups in total. The highest BCUT2D eigenvalue weighted by Gasteiger charge is 2.17. The summed E-state index contributed by atoms with van der Waals surface area (Å²) in [6, 6.07) is 17.0. The van der Waals surface area contributed by atoms with Gasteiger partial charge in [-0.2, -0.15) is 0 Å². The molecule has 2 aromatic rings. The van der Waals surface area contributed by atoms with Crippen molar-refractivity contribution < 1.29 is 9.53 Å². The van der Waals surface area contributed by atoms with Crippen LogP contribution in [0.2, 0.25) is 0 Å². The Kier molecular flexibility index (Phi) is 5.36. The maximum Gasteiger partial charge on any atom is 0.246 e. The second-order valence-corrected chi connectivity index (χ2v) is 6.27. The van der Waals surface area contributed by atoms with E-state index in [1.807, 2.05) is 61.5 Å². The number of ether oxygens (including phenoxy) is 1. The molecule has 1 saturated carbocycles. The Bertz CT molecular complexity index is 666. The van der Waals surface area contributed by atoms with Crippen molar-refractivity contribution in [2.75, 3.05) is 10.6 Å². The van der Waals surface area contributed by atoms with Crippen LogP contribution in [0, 0.1) is 0 Å². The van der Waals surface area contributed by atoms with Crippen LogP contribution in [-0.2, 0) is 4.79 Å². The first kappa shape index (κ1) is 16.4. The summed E-state index contributed by atoms with van der Waals surface area (Å²) in [5.41, 5.74) is 1.69. The molecule has 1 aliphatic carbocycles. The first-order valence-electron chi connectivity index (χ1n) is 8.60. The Hall–Kier alpha value is -2.49. The fourth-order valence-corrected chi connectivity index (χ4v) is 2.95. The average Bonchev–Trinajstić information content (AvgIpc) is 3.09. The molecule has 1 atom stereocenters. The molecule has 0 aliphatic heterocycles. The quantitative estimate of drug-likeness (QED) is 0.825. The molecule has 0 heterocycles. The largest absolute Gasteiger partial charge is 0.490 e. The predicted octanol–water partition coefficient (Wildman–Crippen LogP) is 4.45. The molecule has 0 spiro atoms. The number of amides is 1. The van der Waals surface area contributed by atoms with Crippen LogP contribution >= 0.6 is 0 Å². The van der Waals surface area contributed by atoms with Crippen molar-refractivity contribution >= 4 is 17.3 Å². The van der Waals surface area contributed by atoms with E-state index in [4.69, 9.17) is 4.74 Å². The van der Waals surface area contributed by atoms with Gasteiger partial charge in [0, 0.05) is 17.4 Å². The van der Waals surface area contributed by atoms with Crippen LogP contribution in [0.15, 0.2) is 54.6 Å². The Morgan fingerprint density at radius 1 is 1.04 bits per heavy atom. The highest BCUT2D eigenvalue weighted by Crippen LogP contribution is 2.26. The number of benzene rings is 2. The van der Waals surface area contributed by atoms with Gasteiger partial charge in [0.15, 0.2) is 0 Å². The van der Waals surface area contributed by atoms with Gasteiger partial charge in [0.25, 0.3) is 0 Å². The lowest BCUT2D eigenvalue weighted by atomic mass is 10.2. The number of hydrogen-bond donors (Lipinski definition) is 2. The van der Waals surface area contributed by atoms with Crippen LogP contribution in [0.25, 0.3) is 0 Å². The van der Waals surface area contributed by atoms with Crippen molar-refractivity contribution in [1.82, 2.24) is 0 Å². The number of carbonyl (C=O) groups excluding carboxylic acids is 1. The van der Waals surface area contributed by atoms with Gasteiger partial charge in [-0.1, -0.05) is 24.3 Å². The van der Waals surface area contributed by atoms with E-state index in [1.165, 1.54) is 12.8 Å². The molecular formula is C20H24N2O2. The van der Waals surface area contributed by atoms with Gasteiger partial charge in [0.2, 0.25) is 5.91 Å². The third-order valence-electron chi connectivity index (χ3n) is 4.26. The van der Waals surface area contributed by atoms with E-state index in [1.54, 1.807) is 0 Å². The summed E-state index contributed by atoms with van der Waals surface area (Å²) in [4.78, 5) is 12.3. The van der Waals surface area contributed by atoms with Crippen LogP contribution in [0.1, 0.15) is 32.6 Å². The van der Waals surface area contributed by atoms with Gasteiger partial charge in [-0.3, -0.25) is 4.79 Å². The highest BCUT2D eigenvalue weighted by atomic mass is 16.5. The maximum absolute atomic E-state index is 12.3. The molecule has 0 radical (unpaired) electrons. The molecule has 4 heteroatoms. The van der Waals surface area contributed by atoms with E-state index in [-0.39, 0.29) is 11.9 Å². The minimum Gasteiger partial charge on any atom is -0.490 e. The first-order chi connectivity index (χ1) is 11.7. The van der Waals surface area contributed by atoms with Gasteiger partial charge in [-0.05, 0) is 56.9 Å². The summed E-state index contributed by atoms with van der Waals surface area (Å²) in [7, 11) is 0. The molecule has 0 bridgehead atoms. The van der Waals surface area contributed by atoms with Crippen molar-refractivity contribution in [3.8, 4) is 5.75 Å². The van der Waals surface area contributed by atoms with Gasteiger partial charge in [-0.15, -0.1) is 0 Å². The van der Waals surface area contributed by atoms with Crippen molar-refractivity contribution in [3.05, 3.63) is 54.6 Å². The molecule has 4 nitrogen and oxygen atoms in total. The van der Waals surface area contributed by atoms with E-state index in [0.29, 0.717) is 6.10 Å². The van der Waals surface area contributed by atoms with Gasteiger partial charge >= 0.3 is 0 Å². The number of rotatable bonds is 6. The van der Waals surface area contributed by atoms with Crippen molar-refractivity contribution in [1.29, 1.82) is 0 Å². The summed E-state index contributed by atoms with van der Waals surface area (Å²) in [5.74, 6) is 0.797. The molecule has 1 aliphatic rings. The molecule has 0 aromatic heterocycles. The van der Waals surface area contributed by atoms with E-state index in [2.05, 4.69) is 10.6 Å². The van der Waals surface area contributed by atoms with Gasteiger partial charge in [0.1, 0.15) is 11.8 Å². The molecule has 2 aromatic carbocycles. The number of para-hydroxylation sites is 1. The zero-order chi connectivity index (χ0) is 16.8. The van der Waals surface area contributed by atoms with E-state index in [0.717, 1.165) is 30.0 Å². The van der Waals surface area contributed by atoms with Crippen LogP contribution < -0.4 is 15.4 Å². The molecule has 1 fully saturated rings. The first-order valence-corrected chi connectivity index (χ1v) is 8.60. The van der Waals surface area contributed by atoms with Crippen LogP contribution in [0.4, 0.5) is 11.4 Å². The molecule has 0 saturated heterocycles. The lowest BCUT2D eigenvalue weighted by Crippen LogP contribution is -2.31. The van der Waals surface area contributed by atoms with E-state index < -0.39 is 0 Å². The lowest BCUT2D eigenvalue weighted by molar-refractivity contribution is -0.116. The predicted molar refractivity (Wildman–Crippen MR) is 97.5 cm³/mol. The second-order valence-electron chi connectivity index (χ2n) is 6.27. The monoisotopic (exact) mass is 324 g/mol. The smallest absolute Gasteiger partial charge is 0.246 e. The number of nitrogens with one attached hydrogen (secondary N) is 2. The molecule has 1 amide bonds. The summed E-state index contributed by atoms with van der Waals surface area (Å²) in [5, 5.41) is 6.14. The molecular weight excluding hydrogens is 300 g/mol. The molecule has 24 heavy (non-hydrogen) atoms. The molecule has 126 valence electrons. The van der Waals surface area contributed by atoms with Crippen molar-refractivity contribution in [2.24, 2.45) is 0 Å². The van der Waals surface area contributed by atoms with E-state index >= 15 is 0 Å². The fraction of sp³-hybridized carbons (Fsp3) is 0.350. The topological polar surface area (TPSA) is 50.4 Å². The van der Waals surface area contributed by atoms with Gasteiger partial charge < -0.3 is 15.4 Å². The normalized spacial score (nSPS) is 15.7. The van der Waals surface area contributed by atoms with Crippen LogP contribution in [-0.4, -0.2) is 18.1 Å². The zero-order valence-corrected chi connectivity index (χ0v) is 14.0. The SMILES string of the molecule is CC(Nc1cccc(OC2CCCC2)c1)C(=O)Nc1ccccc1.